The minimum absolute atomic E-state index is 0.0467. The van der Waals surface area contributed by atoms with E-state index in [0.29, 0.717) is 5.92 Å². The van der Waals surface area contributed by atoms with Gasteiger partial charge in [-0.25, -0.2) is 0 Å². The smallest absolute Gasteiger partial charge is 0.182 e. The fraction of sp³-hybridized carbons (Fsp3) is 0.538. The van der Waals surface area contributed by atoms with E-state index in [0.717, 1.165) is 18.4 Å². The molecule has 88 valence electrons. The minimum atomic E-state index is -1.59. The molecule has 3 N–H and O–H groups in total. The van der Waals surface area contributed by atoms with Gasteiger partial charge in [-0.3, -0.25) is 0 Å². The van der Waals surface area contributed by atoms with Crippen LogP contribution in [0.3, 0.4) is 0 Å². The molecule has 3 nitrogen and oxygen atoms in total. The highest BCUT2D eigenvalue weighted by Gasteiger charge is 2.18. The summed E-state index contributed by atoms with van der Waals surface area (Å²) in [6, 6.07) is 5.16. The Labute approximate surface area is 95.4 Å². The summed E-state index contributed by atoms with van der Waals surface area (Å²) in [5, 5.41) is 27.7. The molecule has 0 atom stereocenters. The number of hydrogen-bond donors (Lipinski definition) is 3. The molecule has 0 saturated heterocycles. The van der Waals surface area contributed by atoms with Gasteiger partial charge in [0.15, 0.2) is 6.29 Å². The first-order valence-electron chi connectivity index (χ1n) is 5.87. The number of aliphatic hydroxyl groups is 2. The van der Waals surface area contributed by atoms with Gasteiger partial charge in [0.05, 0.1) is 0 Å². The highest BCUT2D eigenvalue weighted by Crippen LogP contribution is 2.35. The molecule has 0 radical (unpaired) electrons. The third-order valence-electron chi connectivity index (χ3n) is 3.41. The van der Waals surface area contributed by atoms with Crippen molar-refractivity contribution in [2.75, 3.05) is 0 Å². The maximum atomic E-state index is 9.48. The minimum Gasteiger partial charge on any atom is -0.507 e. The van der Waals surface area contributed by atoms with Gasteiger partial charge < -0.3 is 15.3 Å². The average Bonchev–Trinajstić information content (AvgIpc) is 2.30. The molecule has 1 saturated carbocycles. The lowest BCUT2D eigenvalue weighted by Crippen LogP contribution is -2.06. The van der Waals surface area contributed by atoms with Gasteiger partial charge in [-0.2, -0.15) is 0 Å². The Bertz CT molecular complexity index is 354. The predicted octanol–water partition coefficient (Wildman–Crippen LogP) is 2.42. The van der Waals surface area contributed by atoms with Crippen molar-refractivity contribution in [3.8, 4) is 5.75 Å². The summed E-state index contributed by atoms with van der Waals surface area (Å²) in [5.74, 6) is 0.460. The predicted molar refractivity (Wildman–Crippen MR) is 61.1 cm³/mol. The zero-order chi connectivity index (χ0) is 11.5. The van der Waals surface area contributed by atoms with Crippen LogP contribution in [0.2, 0.25) is 0 Å². The van der Waals surface area contributed by atoms with Crippen LogP contribution in [0.4, 0.5) is 0 Å². The first-order valence-corrected chi connectivity index (χ1v) is 5.87. The van der Waals surface area contributed by atoms with E-state index in [1.54, 1.807) is 12.1 Å². The summed E-state index contributed by atoms with van der Waals surface area (Å²) < 4.78 is 0. The molecule has 0 bridgehead atoms. The second-order valence-electron chi connectivity index (χ2n) is 4.53. The Morgan fingerprint density at radius 2 is 1.75 bits per heavy atom. The van der Waals surface area contributed by atoms with Crippen LogP contribution in [0.1, 0.15) is 55.4 Å². The van der Waals surface area contributed by atoms with Crippen LogP contribution in [0, 0.1) is 0 Å². The second-order valence-corrected chi connectivity index (χ2v) is 4.53. The van der Waals surface area contributed by atoms with Gasteiger partial charge in [0.1, 0.15) is 5.75 Å². The van der Waals surface area contributed by atoms with E-state index in [4.69, 9.17) is 10.2 Å². The highest BCUT2D eigenvalue weighted by molar-refractivity contribution is 5.38. The Morgan fingerprint density at radius 1 is 1.06 bits per heavy atom. The van der Waals surface area contributed by atoms with Crippen molar-refractivity contribution >= 4 is 0 Å². The third-order valence-corrected chi connectivity index (χ3v) is 3.41. The van der Waals surface area contributed by atoms with Gasteiger partial charge in [0, 0.05) is 5.56 Å². The number of rotatable bonds is 2. The number of hydrogen-bond acceptors (Lipinski definition) is 3. The van der Waals surface area contributed by atoms with Crippen LogP contribution in [0.25, 0.3) is 0 Å². The summed E-state index contributed by atoms with van der Waals surface area (Å²) in [7, 11) is 0. The molecular weight excluding hydrogens is 204 g/mol. The van der Waals surface area contributed by atoms with Crippen molar-refractivity contribution in [3.63, 3.8) is 0 Å². The number of phenols is 1. The molecule has 0 unspecified atom stereocenters. The zero-order valence-electron chi connectivity index (χ0n) is 9.26. The lowest BCUT2D eigenvalue weighted by atomic mass is 9.83. The topological polar surface area (TPSA) is 60.7 Å². The molecule has 0 aliphatic heterocycles. The fourth-order valence-corrected chi connectivity index (χ4v) is 2.47. The van der Waals surface area contributed by atoms with Crippen molar-refractivity contribution < 1.29 is 15.3 Å². The largest absolute Gasteiger partial charge is 0.507 e. The van der Waals surface area contributed by atoms with Gasteiger partial charge in [-0.05, 0) is 36.5 Å². The lowest BCUT2D eigenvalue weighted by Gasteiger charge is -2.22. The Balaban J connectivity index is 2.24. The summed E-state index contributed by atoms with van der Waals surface area (Å²) in [4.78, 5) is 0. The lowest BCUT2D eigenvalue weighted by molar-refractivity contribution is -0.0439. The first kappa shape index (κ1) is 11.4. The quantitative estimate of drug-likeness (QED) is 0.673. The van der Waals surface area contributed by atoms with Crippen LogP contribution in [0.5, 0.6) is 5.75 Å². The third kappa shape index (κ3) is 2.36. The highest BCUT2D eigenvalue weighted by atomic mass is 16.5. The molecule has 16 heavy (non-hydrogen) atoms. The van der Waals surface area contributed by atoms with Crippen molar-refractivity contribution in [2.24, 2.45) is 0 Å². The van der Waals surface area contributed by atoms with E-state index in [9.17, 15) is 5.11 Å². The summed E-state index contributed by atoms with van der Waals surface area (Å²) in [6.45, 7) is 0. The molecule has 0 amide bonds. The molecule has 1 aliphatic carbocycles. The maximum Gasteiger partial charge on any atom is 0.182 e. The van der Waals surface area contributed by atoms with Crippen molar-refractivity contribution in [1.82, 2.24) is 0 Å². The first-order chi connectivity index (χ1) is 7.68. The average molecular weight is 222 g/mol. The molecule has 1 aromatic rings. The van der Waals surface area contributed by atoms with Crippen LogP contribution in [-0.2, 0) is 0 Å². The maximum absolute atomic E-state index is 9.48. The number of benzene rings is 1. The van der Waals surface area contributed by atoms with Gasteiger partial charge in [-0.15, -0.1) is 0 Å². The Kier molecular flexibility index (Phi) is 3.46. The monoisotopic (exact) mass is 222 g/mol. The summed E-state index contributed by atoms with van der Waals surface area (Å²) in [5.41, 5.74) is 1.32. The molecule has 0 spiro atoms. The van der Waals surface area contributed by atoms with Gasteiger partial charge in [0.2, 0.25) is 0 Å². The molecular formula is C13H18O3. The van der Waals surface area contributed by atoms with E-state index < -0.39 is 6.29 Å². The second kappa shape index (κ2) is 4.85. The molecule has 0 aromatic heterocycles. The fourth-order valence-electron chi connectivity index (χ4n) is 2.47. The van der Waals surface area contributed by atoms with Crippen molar-refractivity contribution in [2.45, 2.75) is 44.3 Å². The molecule has 3 heteroatoms. The van der Waals surface area contributed by atoms with Gasteiger partial charge >= 0.3 is 0 Å². The SMILES string of the molecule is Oc1ccc(C2CCCCC2)cc1C(O)O. The molecule has 0 heterocycles. The van der Waals surface area contributed by atoms with Crippen LogP contribution in [0.15, 0.2) is 18.2 Å². The van der Waals surface area contributed by atoms with Crippen molar-refractivity contribution in [3.05, 3.63) is 29.3 Å². The summed E-state index contributed by atoms with van der Waals surface area (Å²) in [6.07, 6.45) is 4.50. The normalized spacial score (nSPS) is 17.9. The van der Waals surface area contributed by atoms with Crippen LogP contribution >= 0.6 is 0 Å². The molecule has 2 rings (SSSR count). The zero-order valence-corrected chi connectivity index (χ0v) is 9.26. The van der Waals surface area contributed by atoms with E-state index in [2.05, 4.69) is 0 Å². The van der Waals surface area contributed by atoms with E-state index in [-0.39, 0.29) is 11.3 Å². The molecule has 1 aliphatic rings. The van der Waals surface area contributed by atoms with E-state index >= 15 is 0 Å². The molecule has 1 fully saturated rings. The number of aromatic hydroxyl groups is 1. The Morgan fingerprint density at radius 3 is 2.38 bits per heavy atom. The van der Waals surface area contributed by atoms with E-state index in [1.807, 2.05) is 6.07 Å². The standard InChI is InChI=1S/C13H18O3/c14-12-7-6-10(8-11(12)13(15)16)9-4-2-1-3-5-9/h6-9,13-16H,1-5H2. The van der Waals surface area contributed by atoms with Crippen LogP contribution < -0.4 is 0 Å². The van der Waals surface area contributed by atoms with Crippen molar-refractivity contribution in [1.29, 1.82) is 0 Å². The Hall–Kier alpha value is -1.06. The van der Waals surface area contributed by atoms with Gasteiger partial charge in [0.25, 0.3) is 0 Å². The number of phenolic OH excluding ortho intramolecular Hbond substituents is 1. The molecule has 1 aromatic carbocycles. The van der Waals surface area contributed by atoms with E-state index in [1.165, 1.54) is 19.3 Å². The summed E-state index contributed by atoms with van der Waals surface area (Å²) >= 11 is 0. The number of aliphatic hydroxyl groups excluding tert-OH is 1. The van der Waals surface area contributed by atoms with Gasteiger partial charge in [-0.1, -0.05) is 25.3 Å². The van der Waals surface area contributed by atoms with Crippen LogP contribution in [-0.4, -0.2) is 15.3 Å².